The van der Waals surface area contributed by atoms with E-state index in [2.05, 4.69) is 5.32 Å². The fraction of sp³-hybridized carbons (Fsp3) is 0.138. The highest BCUT2D eigenvalue weighted by molar-refractivity contribution is 5.95. The Bertz CT molecular complexity index is 1460. The van der Waals surface area contributed by atoms with Crippen molar-refractivity contribution < 1.29 is 36.1 Å². The van der Waals surface area contributed by atoms with Crippen LogP contribution in [0.2, 0.25) is 0 Å². The number of nitro benzene ring substituents is 1. The summed E-state index contributed by atoms with van der Waals surface area (Å²) >= 11 is 0. The molecule has 0 fully saturated rings. The Morgan fingerprint density at radius 1 is 0.675 bits per heavy atom. The van der Waals surface area contributed by atoms with E-state index in [9.17, 15) is 41.3 Å². The molecule has 0 atom stereocenters. The second-order valence-corrected chi connectivity index (χ2v) is 8.98. The number of benzene rings is 4. The van der Waals surface area contributed by atoms with Gasteiger partial charge in [-0.25, -0.2) is 0 Å². The third-order valence-electron chi connectivity index (χ3n) is 6.34. The van der Waals surface area contributed by atoms with Crippen LogP contribution in [0.4, 0.5) is 32.0 Å². The normalized spacial score (nSPS) is 12.2. The Morgan fingerprint density at radius 3 is 1.60 bits per heavy atom. The van der Waals surface area contributed by atoms with Crippen LogP contribution >= 0.6 is 0 Å². The summed E-state index contributed by atoms with van der Waals surface area (Å²) in [4.78, 5) is 23.9. The van der Waals surface area contributed by atoms with Gasteiger partial charge in [0.25, 0.3) is 11.6 Å². The summed E-state index contributed by atoms with van der Waals surface area (Å²) in [6.45, 7) is 0. The van der Waals surface area contributed by atoms with Gasteiger partial charge in [0.2, 0.25) is 0 Å². The zero-order valence-corrected chi connectivity index (χ0v) is 20.5. The topological polar surface area (TPSA) is 72.2 Å². The first kappa shape index (κ1) is 28.3. The number of halogens is 6. The number of rotatable bonds is 7. The van der Waals surface area contributed by atoms with E-state index in [1.807, 2.05) is 0 Å². The van der Waals surface area contributed by atoms with Gasteiger partial charge in [0.1, 0.15) is 0 Å². The number of non-ortho nitro benzene ring substituents is 1. The van der Waals surface area contributed by atoms with Crippen molar-refractivity contribution in [3.8, 4) is 0 Å². The summed E-state index contributed by atoms with van der Waals surface area (Å²) in [6, 6.07) is 20.8. The van der Waals surface area contributed by atoms with Gasteiger partial charge in [0.15, 0.2) is 0 Å². The van der Waals surface area contributed by atoms with Gasteiger partial charge in [0, 0.05) is 24.1 Å². The monoisotopic (exact) mass is 558 g/mol. The van der Waals surface area contributed by atoms with Gasteiger partial charge in [-0.3, -0.25) is 14.9 Å². The molecular weight excluding hydrogens is 538 g/mol. The number of amides is 1. The van der Waals surface area contributed by atoms with Crippen molar-refractivity contribution in [3.05, 3.63) is 147 Å². The first-order chi connectivity index (χ1) is 18.8. The van der Waals surface area contributed by atoms with Crippen molar-refractivity contribution in [2.24, 2.45) is 0 Å². The molecule has 5 nitrogen and oxygen atoms in total. The molecule has 0 aliphatic heterocycles. The molecule has 206 valence electrons. The van der Waals surface area contributed by atoms with Gasteiger partial charge in [-0.1, -0.05) is 54.6 Å². The van der Waals surface area contributed by atoms with E-state index in [1.165, 1.54) is 12.1 Å². The van der Waals surface area contributed by atoms with Gasteiger partial charge in [-0.05, 0) is 53.1 Å². The van der Waals surface area contributed by atoms with Crippen LogP contribution in [0, 0.1) is 10.1 Å². The molecule has 40 heavy (non-hydrogen) atoms. The third-order valence-corrected chi connectivity index (χ3v) is 6.34. The average Bonchev–Trinajstić information content (AvgIpc) is 2.92. The standard InChI is InChI=1S/C29H20F6N2O3/c30-28(31,32)23-10-4-8-21(16-23)27(18-19-6-2-1-3-7-19,22-9-5-11-24(17-22)29(33,34)35)36-26(38)20-12-14-25(15-13-20)37(39)40/h1-17H,18H2,(H,36,38). The average molecular weight is 558 g/mol. The lowest BCUT2D eigenvalue weighted by atomic mass is 9.76. The van der Waals surface area contributed by atoms with Crippen molar-refractivity contribution in [2.75, 3.05) is 0 Å². The Hall–Kier alpha value is -4.67. The van der Waals surface area contributed by atoms with E-state index >= 15 is 0 Å². The maximum absolute atomic E-state index is 13.7. The number of alkyl halides is 6. The molecule has 4 aromatic carbocycles. The fourth-order valence-corrected chi connectivity index (χ4v) is 4.38. The Labute approximate surface area is 224 Å². The van der Waals surface area contributed by atoms with E-state index in [0.29, 0.717) is 5.56 Å². The van der Waals surface area contributed by atoms with Crippen LogP contribution < -0.4 is 5.32 Å². The lowest BCUT2D eigenvalue weighted by molar-refractivity contribution is -0.384. The zero-order valence-electron chi connectivity index (χ0n) is 20.5. The highest BCUT2D eigenvalue weighted by Gasteiger charge is 2.41. The maximum Gasteiger partial charge on any atom is 0.416 e. The van der Waals surface area contributed by atoms with E-state index in [4.69, 9.17) is 0 Å². The highest BCUT2D eigenvalue weighted by Crippen LogP contribution is 2.40. The van der Waals surface area contributed by atoms with Crippen molar-refractivity contribution in [3.63, 3.8) is 0 Å². The lowest BCUT2D eigenvalue weighted by Gasteiger charge is -2.37. The minimum atomic E-state index is -4.77. The van der Waals surface area contributed by atoms with E-state index < -0.39 is 39.8 Å². The van der Waals surface area contributed by atoms with Gasteiger partial charge < -0.3 is 5.32 Å². The second-order valence-electron chi connectivity index (χ2n) is 8.98. The number of hydrogen-bond donors (Lipinski definition) is 1. The molecule has 0 aliphatic rings. The van der Waals surface area contributed by atoms with Crippen LogP contribution in [0.5, 0.6) is 0 Å². The van der Waals surface area contributed by atoms with Crippen LogP contribution in [0.25, 0.3) is 0 Å². The summed E-state index contributed by atoms with van der Waals surface area (Å²) in [5.74, 6) is -0.861. The van der Waals surface area contributed by atoms with Crippen LogP contribution in [-0.4, -0.2) is 10.8 Å². The van der Waals surface area contributed by atoms with Crippen molar-refractivity contribution in [1.29, 1.82) is 0 Å². The quantitative estimate of drug-likeness (QED) is 0.145. The Balaban J connectivity index is 1.97. The van der Waals surface area contributed by atoms with Crippen molar-refractivity contribution in [2.45, 2.75) is 24.3 Å². The Morgan fingerprint density at radius 2 is 1.15 bits per heavy atom. The molecule has 0 aromatic heterocycles. The van der Waals surface area contributed by atoms with E-state index in [0.717, 1.165) is 60.7 Å². The number of nitrogens with one attached hydrogen (secondary N) is 1. The summed E-state index contributed by atoms with van der Waals surface area (Å²) in [5, 5.41) is 13.7. The first-order valence-corrected chi connectivity index (χ1v) is 11.8. The van der Waals surface area contributed by atoms with Gasteiger partial charge in [0.05, 0.1) is 21.6 Å². The van der Waals surface area contributed by atoms with Gasteiger partial charge >= 0.3 is 12.4 Å². The molecular formula is C29H20F6N2O3. The number of hydrogen-bond acceptors (Lipinski definition) is 3. The summed E-state index contributed by atoms with van der Waals surface area (Å²) in [7, 11) is 0. The fourth-order valence-electron chi connectivity index (χ4n) is 4.38. The highest BCUT2D eigenvalue weighted by atomic mass is 19.4. The molecule has 11 heteroatoms. The molecule has 1 amide bonds. The van der Waals surface area contributed by atoms with Crippen LogP contribution in [0.1, 0.15) is 38.2 Å². The number of nitrogens with zero attached hydrogens (tertiary/aromatic N) is 1. The van der Waals surface area contributed by atoms with Crippen molar-refractivity contribution >= 4 is 11.6 Å². The summed E-state index contributed by atoms with van der Waals surface area (Å²) in [5.41, 5.74) is -4.12. The number of carbonyl (C=O) groups is 1. The van der Waals surface area contributed by atoms with Crippen molar-refractivity contribution in [1.82, 2.24) is 5.32 Å². The van der Waals surface area contributed by atoms with E-state index in [-0.39, 0.29) is 28.8 Å². The summed E-state index contributed by atoms with van der Waals surface area (Å²) in [6.07, 6.45) is -9.76. The van der Waals surface area contributed by atoms with Crippen LogP contribution in [0.15, 0.2) is 103 Å². The Kier molecular flexibility index (Phi) is 7.68. The lowest BCUT2D eigenvalue weighted by Crippen LogP contribution is -2.49. The number of carbonyl (C=O) groups excluding carboxylic acids is 1. The minimum Gasteiger partial charge on any atom is -0.338 e. The molecule has 0 bridgehead atoms. The smallest absolute Gasteiger partial charge is 0.338 e. The van der Waals surface area contributed by atoms with Gasteiger partial charge in [-0.15, -0.1) is 0 Å². The van der Waals surface area contributed by atoms with Crippen LogP contribution in [-0.2, 0) is 24.3 Å². The predicted octanol–water partition coefficient (Wildman–Crippen LogP) is 7.55. The first-order valence-electron chi connectivity index (χ1n) is 11.8. The minimum absolute atomic E-state index is 0.0815. The molecule has 0 aliphatic carbocycles. The molecule has 0 saturated heterocycles. The molecule has 0 saturated carbocycles. The molecule has 0 unspecified atom stereocenters. The SMILES string of the molecule is O=C(NC(Cc1ccccc1)(c1cccc(C(F)(F)F)c1)c1cccc(C(F)(F)F)c1)c1ccc([N+](=O)[O-])cc1. The second kappa shape index (κ2) is 10.8. The molecule has 0 radical (unpaired) electrons. The predicted molar refractivity (Wildman–Crippen MR) is 134 cm³/mol. The molecule has 4 rings (SSSR count). The van der Waals surface area contributed by atoms with Gasteiger partial charge in [-0.2, -0.15) is 26.3 Å². The van der Waals surface area contributed by atoms with Crippen LogP contribution in [0.3, 0.4) is 0 Å². The number of nitro groups is 1. The molecule has 0 heterocycles. The zero-order chi connectivity index (χ0) is 29.1. The van der Waals surface area contributed by atoms with E-state index in [1.54, 1.807) is 30.3 Å². The molecule has 1 N–H and O–H groups in total. The largest absolute Gasteiger partial charge is 0.416 e. The summed E-state index contributed by atoms with van der Waals surface area (Å²) < 4.78 is 82.5. The maximum atomic E-state index is 13.7. The third kappa shape index (κ3) is 6.14. The molecule has 0 spiro atoms. The molecule has 4 aromatic rings.